The molecule has 3 heteroatoms. The first-order valence-electron chi connectivity index (χ1n) is 4.93. The molecule has 0 aromatic heterocycles. The summed E-state index contributed by atoms with van der Waals surface area (Å²) >= 11 is 0. The summed E-state index contributed by atoms with van der Waals surface area (Å²) in [4.78, 5) is 11.6. The van der Waals surface area contributed by atoms with Crippen LogP contribution < -0.4 is 0 Å². The van der Waals surface area contributed by atoms with Gasteiger partial charge in [0.1, 0.15) is 0 Å². The van der Waals surface area contributed by atoms with Gasteiger partial charge in [0.15, 0.2) is 0 Å². The molecule has 1 saturated heterocycles. The maximum absolute atomic E-state index is 11.6. The Balaban J connectivity index is 2.16. The summed E-state index contributed by atoms with van der Waals surface area (Å²) in [5, 5.41) is 10.1. The summed E-state index contributed by atoms with van der Waals surface area (Å²) in [5.41, 5.74) is -0.392. The van der Waals surface area contributed by atoms with Crippen LogP contribution >= 0.6 is 0 Å². The van der Waals surface area contributed by atoms with E-state index in [1.54, 1.807) is 0 Å². The van der Waals surface area contributed by atoms with E-state index in [4.69, 9.17) is 4.74 Å². The van der Waals surface area contributed by atoms with E-state index in [2.05, 4.69) is 6.92 Å². The molecule has 3 nitrogen and oxygen atoms in total. The average molecular weight is 182 g/mol. The molecule has 0 spiro atoms. The number of ether oxygens (including phenoxy) is 1. The van der Waals surface area contributed by atoms with E-state index in [0.29, 0.717) is 18.3 Å². The lowest BCUT2D eigenvalue weighted by Gasteiger charge is -2.28. The van der Waals surface area contributed by atoms with Crippen molar-refractivity contribution in [3.63, 3.8) is 0 Å². The maximum atomic E-state index is 11.6. The van der Waals surface area contributed by atoms with Gasteiger partial charge in [0.25, 0.3) is 0 Å². The molecule has 0 aromatic carbocycles. The third-order valence-electron chi connectivity index (χ3n) is 4.42. The largest absolute Gasteiger partial charge is 0.432 e. The van der Waals surface area contributed by atoms with E-state index in [1.807, 2.05) is 6.92 Å². The van der Waals surface area contributed by atoms with Gasteiger partial charge in [-0.1, -0.05) is 6.92 Å². The second-order valence-corrected chi connectivity index (χ2v) is 5.16. The van der Waals surface area contributed by atoms with Crippen LogP contribution in [0.3, 0.4) is 0 Å². The first kappa shape index (κ1) is 7.80. The van der Waals surface area contributed by atoms with Gasteiger partial charge in [0.2, 0.25) is 5.79 Å². The molecule has 2 bridgehead atoms. The van der Waals surface area contributed by atoms with Gasteiger partial charge in [-0.2, -0.15) is 0 Å². The Kier molecular flexibility index (Phi) is 1.07. The zero-order valence-electron chi connectivity index (χ0n) is 7.91. The highest BCUT2D eigenvalue weighted by atomic mass is 16.7. The third kappa shape index (κ3) is 0.622. The quantitative estimate of drug-likeness (QED) is 0.566. The summed E-state index contributed by atoms with van der Waals surface area (Å²) in [6.45, 7) is 4.06. The van der Waals surface area contributed by atoms with Crippen LogP contribution in [0.5, 0.6) is 0 Å². The minimum atomic E-state index is -1.12. The molecule has 3 aliphatic rings. The van der Waals surface area contributed by atoms with E-state index in [9.17, 15) is 9.90 Å². The van der Waals surface area contributed by atoms with E-state index in [-0.39, 0.29) is 11.9 Å². The summed E-state index contributed by atoms with van der Waals surface area (Å²) in [5.74, 6) is -0.356. The Morgan fingerprint density at radius 2 is 2.23 bits per heavy atom. The average Bonchev–Trinajstić information content (AvgIpc) is 2.40. The van der Waals surface area contributed by atoms with Gasteiger partial charge in [-0.25, -0.2) is 0 Å². The van der Waals surface area contributed by atoms with Crippen molar-refractivity contribution in [2.75, 3.05) is 0 Å². The van der Waals surface area contributed by atoms with Gasteiger partial charge >= 0.3 is 5.97 Å². The van der Waals surface area contributed by atoms with Crippen LogP contribution in [-0.4, -0.2) is 16.9 Å². The fourth-order valence-corrected chi connectivity index (χ4v) is 3.97. The number of rotatable bonds is 0. The number of fused-ring (bicyclic) bond motifs is 1. The van der Waals surface area contributed by atoms with Crippen molar-refractivity contribution in [1.29, 1.82) is 0 Å². The van der Waals surface area contributed by atoms with Crippen LogP contribution in [0, 0.1) is 23.2 Å². The Labute approximate surface area is 77.1 Å². The molecule has 5 atom stereocenters. The van der Waals surface area contributed by atoms with Gasteiger partial charge < -0.3 is 9.84 Å². The zero-order valence-corrected chi connectivity index (χ0v) is 7.91. The van der Waals surface area contributed by atoms with E-state index < -0.39 is 11.2 Å². The molecule has 2 saturated carbocycles. The zero-order chi connectivity index (χ0) is 9.43. The molecule has 1 heterocycles. The van der Waals surface area contributed by atoms with Crippen molar-refractivity contribution in [1.82, 2.24) is 0 Å². The van der Waals surface area contributed by atoms with Crippen LogP contribution in [0.4, 0.5) is 0 Å². The lowest BCUT2D eigenvalue weighted by Crippen LogP contribution is -2.38. The number of carbonyl (C=O) groups excluding carboxylic acids is 1. The number of carbonyl (C=O) groups is 1. The first-order chi connectivity index (χ1) is 5.97. The second kappa shape index (κ2) is 1.78. The number of hydrogen-bond acceptors (Lipinski definition) is 3. The fourth-order valence-electron chi connectivity index (χ4n) is 3.97. The summed E-state index contributed by atoms with van der Waals surface area (Å²) in [6, 6.07) is 0. The Hall–Kier alpha value is -0.570. The van der Waals surface area contributed by atoms with Gasteiger partial charge in [0, 0.05) is 12.3 Å². The van der Waals surface area contributed by atoms with Gasteiger partial charge in [-0.15, -0.1) is 0 Å². The molecule has 2 aliphatic carbocycles. The maximum Gasteiger partial charge on any atom is 0.314 e. The minimum absolute atomic E-state index is 0.0394. The molecule has 0 radical (unpaired) electrons. The van der Waals surface area contributed by atoms with E-state index in [1.165, 1.54) is 0 Å². The smallest absolute Gasteiger partial charge is 0.314 e. The van der Waals surface area contributed by atoms with Crippen LogP contribution in [0.15, 0.2) is 0 Å². The molecule has 4 unspecified atom stereocenters. The Morgan fingerprint density at radius 1 is 1.54 bits per heavy atom. The summed E-state index contributed by atoms with van der Waals surface area (Å²) in [7, 11) is 0. The summed E-state index contributed by atoms with van der Waals surface area (Å²) < 4.78 is 5.12. The monoisotopic (exact) mass is 182 g/mol. The molecule has 0 amide bonds. The SMILES string of the molecule is C[C@H]1C2CC3(O)OC(=O)C(C)(C2)C13. The molecular formula is C10H14O3. The van der Waals surface area contributed by atoms with Crippen molar-refractivity contribution in [3.05, 3.63) is 0 Å². The van der Waals surface area contributed by atoms with Crippen LogP contribution in [0.1, 0.15) is 26.7 Å². The Bertz CT molecular complexity index is 301. The predicted octanol–water partition coefficient (Wildman–Crippen LogP) is 0.914. The van der Waals surface area contributed by atoms with Crippen LogP contribution in [-0.2, 0) is 9.53 Å². The number of aliphatic hydroxyl groups is 1. The van der Waals surface area contributed by atoms with Crippen molar-refractivity contribution in [2.24, 2.45) is 23.2 Å². The number of esters is 1. The summed E-state index contributed by atoms with van der Waals surface area (Å²) in [6.07, 6.45) is 1.56. The minimum Gasteiger partial charge on any atom is -0.432 e. The van der Waals surface area contributed by atoms with E-state index in [0.717, 1.165) is 6.42 Å². The molecule has 1 aliphatic heterocycles. The molecular weight excluding hydrogens is 168 g/mol. The van der Waals surface area contributed by atoms with Gasteiger partial charge in [-0.3, -0.25) is 4.79 Å². The van der Waals surface area contributed by atoms with Crippen molar-refractivity contribution >= 4 is 5.97 Å². The molecule has 0 aromatic rings. The highest BCUT2D eigenvalue weighted by Crippen LogP contribution is 2.67. The molecule has 72 valence electrons. The van der Waals surface area contributed by atoms with Gasteiger partial charge in [-0.05, 0) is 25.2 Å². The standard InChI is InChI=1S/C10H14O3/c1-5-6-3-9(2)7(5)10(12,4-6)13-8(9)11/h5-7,12H,3-4H2,1-2H3/t5-,6?,7?,9?,10?/m0/s1. The lowest BCUT2D eigenvalue weighted by atomic mass is 9.74. The topological polar surface area (TPSA) is 46.5 Å². The Morgan fingerprint density at radius 3 is 2.69 bits per heavy atom. The van der Waals surface area contributed by atoms with Crippen LogP contribution in [0.25, 0.3) is 0 Å². The molecule has 3 fully saturated rings. The second-order valence-electron chi connectivity index (χ2n) is 5.16. The highest BCUT2D eigenvalue weighted by molar-refractivity contribution is 5.81. The van der Waals surface area contributed by atoms with E-state index >= 15 is 0 Å². The third-order valence-corrected chi connectivity index (χ3v) is 4.42. The molecule has 1 N–H and O–H groups in total. The first-order valence-corrected chi connectivity index (χ1v) is 4.93. The van der Waals surface area contributed by atoms with Gasteiger partial charge in [0.05, 0.1) is 5.41 Å². The fraction of sp³-hybridized carbons (Fsp3) is 0.900. The number of hydrogen-bond donors (Lipinski definition) is 1. The van der Waals surface area contributed by atoms with Crippen molar-refractivity contribution < 1.29 is 14.6 Å². The van der Waals surface area contributed by atoms with Crippen molar-refractivity contribution in [2.45, 2.75) is 32.5 Å². The lowest BCUT2D eigenvalue weighted by molar-refractivity contribution is -0.197. The highest BCUT2D eigenvalue weighted by Gasteiger charge is 2.74. The van der Waals surface area contributed by atoms with Crippen LogP contribution in [0.2, 0.25) is 0 Å². The molecule has 13 heavy (non-hydrogen) atoms. The normalized spacial score (nSPS) is 63.0. The van der Waals surface area contributed by atoms with Crippen molar-refractivity contribution in [3.8, 4) is 0 Å². The predicted molar refractivity (Wildman–Crippen MR) is 44.5 cm³/mol. The molecule has 3 rings (SSSR count).